The topological polar surface area (TPSA) is 67.6 Å². The Balaban J connectivity index is 2.13. The van der Waals surface area contributed by atoms with Gasteiger partial charge in [-0.05, 0) is 45.3 Å². The number of carbonyl (C=O) groups is 1. The Morgan fingerprint density at radius 3 is 2.64 bits per heavy atom. The van der Waals surface area contributed by atoms with Gasteiger partial charge >= 0.3 is 5.97 Å². The number of anilines is 1. The van der Waals surface area contributed by atoms with Gasteiger partial charge in [0.05, 0.1) is 12.0 Å². The lowest BCUT2D eigenvalue weighted by Gasteiger charge is -2.26. The molecule has 0 bridgehead atoms. The number of rotatable bonds is 7. The maximum absolute atomic E-state index is 10.9. The second-order valence-corrected chi connectivity index (χ2v) is 6.96. The quantitative estimate of drug-likeness (QED) is 0.836. The van der Waals surface area contributed by atoms with Gasteiger partial charge in [-0.1, -0.05) is 0 Å². The first-order chi connectivity index (χ1) is 10.5. The van der Waals surface area contributed by atoms with E-state index in [1.165, 1.54) is 12.8 Å². The minimum atomic E-state index is -0.797. The molecule has 1 fully saturated rings. The molecular weight excluding hydrogens is 298 g/mol. The lowest BCUT2D eigenvalue weighted by Crippen LogP contribution is -2.35. The summed E-state index contributed by atoms with van der Waals surface area (Å²) < 4.78 is 0. The Hall–Kier alpha value is -1.58. The molecule has 22 heavy (non-hydrogen) atoms. The summed E-state index contributed by atoms with van der Waals surface area (Å²) in [6.07, 6.45) is 2.59. The van der Waals surface area contributed by atoms with Gasteiger partial charge in [0.2, 0.25) is 0 Å². The molecular formula is C16H23N3O2S. The van der Waals surface area contributed by atoms with Gasteiger partial charge in [-0.2, -0.15) is 5.26 Å². The molecule has 6 heteroatoms. The summed E-state index contributed by atoms with van der Waals surface area (Å²) in [5, 5.41) is 19.3. The number of thiophene rings is 1. The molecule has 0 atom stereocenters. The monoisotopic (exact) mass is 321 g/mol. The van der Waals surface area contributed by atoms with E-state index in [9.17, 15) is 10.1 Å². The fraction of sp³-hybridized carbons (Fsp3) is 0.625. The Labute approximate surface area is 135 Å². The van der Waals surface area contributed by atoms with Crippen LogP contribution in [0.5, 0.6) is 0 Å². The normalized spacial score (nSPS) is 15.0. The fourth-order valence-corrected chi connectivity index (χ4v) is 3.93. The Morgan fingerprint density at radius 2 is 2.05 bits per heavy atom. The van der Waals surface area contributed by atoms with Gasteiger partial charge in [0, 0.05) is 24.5 Å². The summed E-state index contributed by atoms with van der Waals surface area (Å²) >= 11 is 1.60. The molecule has 0 aromatic carbocycles. The average Bonchev–Trinajstić information content (AvgIpc) is 3.08. The van der Waals surface area contributed by atoms with E-state index in [1.807, 2.05) is 13.8 Å². The number of aliphatic carboxylic acids is 1. The molecule has 0 radical (unpaired) electrons. The van der Waals surface area contributed by atoms with Crippen LogP contribution in [0.25, 0.3) is 0 Å². The van der Waals surface area contributed by atoms with Gasteiger partial charge in [-0.15, -0.1) is 11.3 Å². The van der Waals surface area contributed by atoms with E-state index >= 15 is 0 Å². The van der Waals surface area contributed by atoms with Crippen molar-refractivity contribution in [3.05, 3.63) is 16.0 Å². The predicted octanol–water partition coefficient (Wildman–Crippen LogP) is 2.61. The van der Waals surface area contributed by atoms with Crippen molar-refractivity contribution in [3.8, 4) is 6.07 Å². The van der Waals surface area contributed by atoms with Crippen molar-refractivity contribution in [2.45, 2.75) is 33.1 Å². The fourth-order valence-electron chi connectivity index (χ4n) is 2.78. The van der Waals surface area contributed by atoms with Crippen LogP contribution in [-0.2, 0) is 4.79 Å². The summed E-state index contributed by atoms with van der Waals surface area (Å²) in [4.78, 5) is 16.5. The van der Waals surface area contributed by atoms with Crippen molar-refractivity contribution in [2.75, 3.05) is 37.6 Å². The maximum Gasteiger partial charge on any atom is 0.305 e. The number of nitrogens with zero attached hydrogens (tertiary/aromatic N) is 3. The first-order valence-electron chi connectivity index (χ1n) is 7.72. The van der Waals surface area contributed by atoms with Crippen LogP contribution in [0.2, 0.25) is 0 Å². The number of carboxylic acids is 1. The van der Waals surface area contributed by atoms with Gasteiger partial charge in [-0.3, -0.25) is 4.79 Å². The highest BCUT2D eigenvalue weighted by atomic mass is 32.1. The van der Waals surface area contributed by atoms with Gasteiger partial charge in [0.15, 0.2) is 0 Å². The summed E-state index contributed by atoms with van der Waals surface area (Å²) in [6.45, 7) is 8.39. The van der Waals surface area contributed by atoms with Gasteiger partial charge in [-0.25, -0.2) is 0 Å². The maximum atomic E-state index is 10.9. The number of hydrogen-bond acceptors (Lipinski definition) is 5. The molecule has 0 aliphatic carbocycles. The number of nitriles is 1. The SMILES string of the molecule is Cc1sc(N(CCC(=O)O)CCN2CCCC2)c(C#N)c1C. The van der Waals surface area contributed by atoms with E-state index < -0.39 is 5.97 Å². The molecule has 120 valence electrons. The van der Waals surface area contributed by atoms with Crippen LogP contribution in [0, 0.1) is 25.2 Å². The lowest BCUT2D eigenvalue weighted by atomic mass is 10.2. The van der Waals surface area contributed by atoms with Crippen molar-refractivity contribution in [2.24, 2.45) is 0 Å². The van der Waals surface area contributed by atoms with E-state index in [0.29, 0.717) is 12.1 Å². The van der Waals surface area contributed by atoms with Crippen LogP contribution in [0.1, 0.15) is 35.3 Å². The first kappa shape index (κ1) is 16.8. The highest BCUT2D eigenvalue weighted by Gasteiger charge is 2.20. The molecule has 2 heterocycles. The molecule has 1 aliphatic heterocycles. The smallest absolute Gasteiger partial charge is 0.305 e. The summed E-state index contributed by atoms with van der Waals surface area (Å²) in [5.41, 5.74) is 1.72. The molecule has 1 aromatic rings. The molecule has 1 aromatic heterocycles. The van der Waals surface area contributed by atoms with Crippen LogP contribution in [0.15, 0.2) is 0 Å². The molecule has 0 unspecified atom stereocenters. The predicted molar refractivity (Wildman–Crippen MR) is 88.6 cm³/mol. The number of likely N-dealkylation sites (tertiary alicyclic amines) is 1. The van der Waals surface area contributed by atoms with Gasteiger partial charge in [0.1, 0.15) is 11.1 Å². The third-order valence-corrected chi connectivity index (χ3v) is 5.51. The first-order valence-corrected chi connectivity index (χ1v) is 8.53. The van der Waals surface area contributed by atoms with E-state index in [0.717, 1.165) is 41.6 Å². The summed E-state index contributed by atoms with van der Waals surface area (Å²) in [5.74, 6) is -0.797. The molecule has 1 aliphatic rings. The largest absolute Gasteiger partial charge is 0.481 e. The van der Waals surface area contributed by atoms with E-state index in [4.69, 9.17) is 5.11 Å². The third-order valence-electron chi connectivity index (χ3n) is 4.25. The lowest BCUT2D eigenvalue weighted by molar-refractivity contribution is -0.136. The molecule has 1 saturated heterocycles. The summed E-state index contributed by atoms with van der Waals surface area (Å²) in [6, 6.07) is 2.29. The molecule has 1 N–H and O–H groups in total. The zero-order valence-corrected chi connectivity index (χ0v) is 14.1. The standard InChI is InChI=1S/C16H23N3O2S/c1-12-13(2)22-16(14(12)11-17)19(8-5-15(20)21)10-9-18-6-3-4-7-18/h3-10H2,1-2H3,(H,20,21). The van der Waals surface area contributed by atoms with Crippen molar-refractivity contribution >= 4 is 22.3 Å². The third kappa shape index (κ3) is 3.99. The number of carboxylic acid groups (broad SMARTS) is 1. The van der Waals surface area contributed by atoms with Crippen molar-refractivity contribution in [1.82, 2.24) is 4.90 Å². The van der Waals surface area contributed by atoms with Crippen LogP contribution >= 0.6 is 11.3 Å². The highest BCUT2D eigenvalue weighted by Crippen LogP contribution is 2.34. The Morgan fingerprint density at radius 1 is 1.36 bits per heavy atom. The van der Waals surface area contributed by atoms with Gasteiger partial charge in [0.25, 0.3) is 0 Å². The summed E-state index contributed by atoms with van der Waals surface area (Å²) in [7, 11) is 0. The minimum Gasteiger partial charge on any atom is -0.481 e. The van der Waals surface area contributed by atoms with E-state index in [1.54, 1.807) is 11.3 Å². The number of hydrogen-bond donors (Lipinski definition) is 1. The average molecular weight is 321 g/mol. The second kappa shape index (κ2) is 7.61. The molecule has 0 spiro atoms. The Bertz CT molecular complexity index is 571. The van der Waals surface area contributed by atoms with Crippen LogP contribution in [0.3, 0.4) is 0 Å². The van der Waals surface area contributed by atoms with Gasteiger partial charge < -0.3 is 14.9 Å². The van der Waals surface area contributed by atoms with Crippen LogP contribution in [0.4, 0.5) is 5.00 Å². The van der Waals surface area contributed by atoms with Crippen molar-refractivity contribution < 1.29 is 9.90 Å². The van der Waals surface area contributed by atoms with E-state index in [-0.39, 0.29) is 6.42 Å². The second-order valence-electron chi connectivity index (χ2n) is 5.75. The van der Waals surface area contributed by atoms with Crippen molar-refractivity contribution in [3.63, 3.8) is 0 Å². The van der Waals surface area contributed by atoms with E-state index in [2.05, 4.69) is 15.9 Å². The minimum absolute atomic E-state index is 0.0981. The zero-order valence-electron chi connectivity index (χ0n) is 13.3. The molecule has 0 saturated carbocycles. The number of aryl methyl sites for hydroxylation is 1. The molecule has 5 nitrogen and oxygen atoms in total. The molecule has 0 amide bonds. The Kier molecular flexibility index (Phi) is 5.81. The highest BCUT2D eigenvalue weighted by molar-refractivity contribution is 7.16. The van der Waals surface area contributed by atoms with Crippen LogP contribution < -0.4 is 4.90 Å². The molecule has 2 rings (SSSR count). The van der Waals surface area contributed by atoms with Crippen molar-refractivity contribution in [1.29, 1.82) is 5.26 Å². The zero-order chi connectivity index (χ0) is 16.1. The van der Waals surface area contributed by atoms with Crippen LogP contribution in [-0.4, -0.2) is 48.7 Å².